The lowest BCUT2D eigenvalue weighted by Gasteiger charge is -2.32. The van der Waals surface area contributed by atoms with Crippen molar-refractivity contribution in [1.29, 1.82) is 5.41 Å². The number of anilines is 2. The molecule has 0 saturated carbocycles. The Morgan fingerprint density at radius 1 is 1.31 bits per heavy atom. The minimum Gasteiger partial charge on any atom is -0.404 e. The number of allylic oxidation sites excluding steroid dienone is 1. The molecule has 0 aliphatic carbocycles. The molecule has 0 radical (unpaired) electrons. The summed E-state index contributed by atoms with van der Waals surface area (Å²) in [5.41, 5.74) is 10.6. The number of nitrogens with two attached hydrogens (primary N) is 1. The molecule has 168 valence electrons. The monoisotopic (exact) mass is 451 g/mol. The smallest absolute Gasteiger partial charge is 0.123 e. The molecule has 2 aromatic rings. The SMILES string of the molecule is CCCN=CC(=CN)SN1CC=C(c2ccc(Nc3ccc(F)cc3)c(C=N)c2)CC1C. The first-order chi connectivity index (χ1) is 15.5. The highest BCUT2D eigenvalue weighted by Gasteiger charge is 2.22. The van der Waals surface area contributed by atoms with Gasteiger partial charge in [0.15, 0.2) is 0 Å². The Morgan fingerprint density at radius 2 is 2.09 bits per heavy atom. The molecule has 0 spiro atoms. The summed E-state index contributed by atoms with van der Waals surface area (Å²) in [7, 11) is 0. The number of nitrogens with zero attached hydrogens (tertiary/aromatic N) is 2. The van der Waals surface area contributed by atoms with E-state index in [1.807, 2.05) is 18.3 Å². The molecule has 2 aromatic carbocycles. The Hall–Kier alpha value is -2.90. The maximum Gasteiger partial charge on any atom is 0.123 e. The molecule has 3 rings (SSSR count). The second-order valence-corrected chi connectivity index (χ2v) is 8.78. The van der Waals surface area contributed by atoms with E-state index in [0.717, 1.165) is 53.3 Å². The van der Waals surface area contributed by atoms with Gasteiger partial charge in [0.05, 0.1) is 4.91 Å². The topological polar surface area (TPSA) is 77.5 Å². The average Bonchev–Trinajstić information content (AvgIpc) is 2.81. The summed E-state index contributed by atoms with van der Waals surface area (Å²) in [4.78, 5) is 5.34. The second-order valence-electron chi connectivity index (χ2n) is 7.66. The van der Waals surface area contributed by atoms with Crippen LogP contribution in [0.4, 0.5) is 15.8 Å². The molecule has 0 fully saturated rings. The number of benzene rings is 2. The molecule has 0 amide bonds. The van der Waals surface area contributed by atoms with Gasteiger partial charge >= 0.3 is 0 Å². The van der Waals surface area contributed by atoms with Gasteiger partial charge in [0.25, 0.3) is 0 Å². The van der Waals surface area contributed by atoms with E-state index in [4.69, 9.17) is 11.1 Å². The predicted octanol–water partition coefficient (Wildman–Crippen LogP) is 5.97. The van der Waals surface area contributed by atoms with Crippen LogP contribution in [0.2, 0.25) is 0 Å². The Kier molecular flexibility index (Phi) is 8.64. The van der Waals surface area contributed by atoms with Crippen molar-refractivity contribution in [1.82, 2.24) is 4.31 Å². The van der Waals surface area contributed by atoms with E-state index in [1.165, 1.54) is 23.9 Å². The van der Waals surface area contributed by atoms with E-state index < -0.39 is 0 Å². The highest BCUT2D eigenvalue weighted by atomic mass is 32.2. The van der Waals surface area contributed by atoms with Gasteiger partial charge in [0.1, 0.15) is 5.82 Å². The largest absolute Gasteiger partial charge is 0.404 e. The zero-order chi connectivity index (χ0) is 22.9. The van der Waals surface area contributed by atoms with E-state index in [9.17, 15) is 4.39 Å². The van der Waals surface area contributed by atoms with Crippen LogP contribution in [-0.2, 0) is 0 Å². The molecule has 1 aliphatic rings. The van der Waals surface area contributed by atoms with Gasteiger partial charge < -0.3 is 16.5 Å². The summed E-state index contributed by atoms with van der Waals surface area (Å²) < 4.78 is 15.5. The summed E-state index contributed by atoms with van der Waals surface area (Å²) in [6, 6.07) is 12.6. The molecule has 5 nitrogen and oxygen atoms in total. The van der Waals surface area contributed by atoms with Crippen molar-refractivity contribution in [2.75, 3.05) is 18.4 Å². The molecule has 0 bridgehead atoms. The van der Waals surface area contributed by atoms with Crippen LogP contribution < -0.4 is 11.1 Å². The zero-order valence-electron chi connectivity index (χ0n) is 18.5. The van der Waals surface area contributed by atoms with Crippen molar-refractivity contribution in [3.05, 3.63) is 76.6 Å². The first-order valence-corrected chi connectivity index (χ1v) is 11.5. The standard InChI is InChI=1S/C25H30FN5S/c1-3-11-29-17-24(16-28)32-31-12-10-20(13-18(31)2)19-4-9-25(21(14-19)15-27)30-23-7-5-22(26)6-8-23/h4-10,14-18,27,30H,3,11-13,28H2,1-2H3. The van der Waals surface area contributed by atoms with E-state index in [0.29, 0.717) is 6.04 Å². The fourth-order valence-corrected chi connectivity index (χ4v) is 4.30. The van der Waals surface area contributed by atoms with Crippen LogP contribution in [0.25, 0.3) is 5.57 Å². The van der Waals surface area contributed by atoms with Gasteiger partial charge in [-0.2, -0.15) is 0 Å². The Bertz CT molecular complexity index is 1010. The summed E-state index contributed by atoms with van der Waals surface area (Å²) in [5, 5.41) is 11.1. The van der Waals surface area contributed by atoms with Crippen molar-refractivity contribution in [3.63, 3.8) is 0 Å². The van der Waals surface area contributed by atoms with Crippen molar-refractivity contribution < 1.29 is 4.39 Å². The average molecular weight is 452 g/mol. The normalized spacial score (nSPS) is 17.4. The maximum absolute atomic E-state index is 13.2. The molecule has 0 saturated heterocycles. The van der Waals surface area contributed by atoms with Crippen LogP contribution in [0.5, 0.6) is 0 Å². The van der Waals surface area contributed by atoms with Crippen molar-refractivity contribution >= 4 is 41.3 Å². The molecule has 1 atom stereocenters. The molecule has 32 heavy (non-hydrogen) atoms. The molecular weight excluding hydrogens is 421 g/mol. The zero-order valence-corrected chi connectivity index (χ0v) is 19.3. The van der Waals surface area contributed by atoms with Crippen molar-refractivity contribution in [3.8, 4) is 0 Å². The van der Waals surface area contributed by atoms with Gasteiger partial charge in [0, 0.05) is 54.7 Å². The molecule has 1 unspecified atom stereocenters. The van der Waals surface area contributed by atoms with Gasteiger partial charge in [0.2, 0.25) is 0 Å². The number of nitrogens with one attached hydrogen (secondary N) is 2. The summed E-state index contributed by atoms with van der Waals surface area (Å²) in [6.07, 6.45) is 8.96. The molecule has 1 aliphatic heterocycles. The van der Waals surface area contributed by atoms with Crippen LogP contribution in [-0.4, -0.2) is 35.9 Å². The van der Waals surface area contributed by atoms with Crippen molar-refractivity contribution in [2.45, 2.75) is 32.7 Å². The lowest BCUT2D eigenvalue weighted by atomic mass is 9.94. The molecule has 7 heteroatoms. The minimum absolute atomic E-state index is 0.272. The number of hydrogen-bond donors (Lipinski definition) is 3. The first kappa shape index (κ1) is 23.8. The third-order valence-electron chi connectivity index (χ3n) is 5.18. The molecular formula is C25H30FN5S. The van der Waals surface area contributed by atoms with Gasteiger partial charge in [-0.05, 0) is 79.2 Å². The Labute approximate surface area is 194 Å². The number of aliphatic imine (C=N–C) groups is 1. The third kappa shape index (κ3) is 6.31. The van der Waals surface area contributed by atoms with Crippen LogP contribution >= 0.6 is 11.9 Å². The predicted molar refractivity (Wildman–Crippen MR) is 136 cm³/mol. The fourth-order valence-electron chi connectivity index (χ4n) is 3.45. The number of halogens is 1. The Balaban J connectivity index is 1.71. The van der Waals surface area contributed by atoms with Crippen molar-refractivity contribution in [2.24, 2.45) is 10.7 Å². The maximum atomic E-state index is 13.2. The van der Waals surface area contributed by atoms with Gasteiger partial charge in [-0.3, -0.25) is 4.99 Å². The van der Waals surface area contributed by atoms with Gasteiger partial charge in [-0.15, -0.1) is 0 Å². The lowest BCUT2D eigenvalue weighted by Crippen LogP contribution is -2.31. The van der Waals surface area contributed by atoms with Crippen LogP contribution in [0.3, 0.4) is 0 Å². The molecule has 4 N–H and O–H groups in total. The summed E-state index contributed by atoms with van der Waals surface area (Å²) in [6.45, 7) is 5.92. The summed E-state index contributed by atoms with van der Waals surface area (Å²) >= 11 is 1.64. The lowest BCUT2D eigenvalue weighted by molar-refractivity contribution is 0.400. The molecule has 1 heterocycles. The minimum atomic E-state index is -0.272. The van der Waals surface area contributed by atoms with Gasteiger partial charge in [-0.25, -0.2) is 8.70 Å². The quantitative estimate of drug-likeness (QED) is 0.324. The Morgan fingerprint density at radius 3 is 2.75 bits per heavy atom. The third-order valence-corrected chi connectivity index (χ3v) is 6.38. The van der Waals surface area contributed by atoms with E-state index in [1.54, 1.807) is 30.3 Å². The van der Waals surface area contributed by atoms with E-state index in [-0.39, 0.29) is 5.82 Å². The highest BCUT2D eigenvalue weighted by Crippen LogP contribution is 2.33. The summed E-state index contributed by atoms with van der Waals surface area (Å²) in [5.74, 6) is -0.272. The van der Waals surface area contributed by atoms with Crippen LogP contribution in [0.1, 0.15) is 37.8 Å². The first-order valence-electron chi connectivity index (χ1n) is 10.8. The van der Waals surface area contributed by atoms with E-state index in [2.05, 4.69) is 40.6 Å². The number of hydrogen-bond acceptors (Lipinski definition) is 6. The van der Waals surface area contributed by atoms with Crippen LogP contribution in [0, 0.1) is 11.2 Å². The van der Waals surface area contributed by atoms with E-state index >= 15 is 0 Å². The fraction of sp³-hybridized carbons (Fsp3) is 0.280. The van der Waals surface area contributed by atoms with Gasteiger partial charge in [-0.1, -0.05) is 19.1 Å². The second kappa shape index (κ2) is 11.6. The molecule has 0 aromatic heterocycles. The highest BCUT2D eigenvalue weighted by molar-refractivity contribution is 8.01. The number of rotatable bonds is 9. The van der Waals surface area contributed by atoms with Crippen LogP contribution in [0.15, 0.2) is 64.6 Å².